The molecule has 9 heavy (non-hydrogen) atoms. The maximum atomic E-state index is 10.5. The normalized spacial score (nSPS) is 12.8. The molecule has 0 rings (SSSR count). The van der Waals surface area contributed by atoms with Gasteiger partial charge in [-0.3, -0.25) is 0 Å². The molecule has 0 unspecified atom stereocenters. The molecule has 0 aliphatic rings. The zero-order chi connectivity index (χ0) is 7.28. The van der Waals surface area contributed by atoms with Crippen LogP contribution in [0, 0.1) is 0 Å². The molecule has 0 aliphatic heterocycles. The number of carbonyl (C=O) groups excluding carboxylic acids is 1. The minimum absolute atomic E-state index is 0.251. The van der Waals surface area contributed by atoms with Gasteiger partial charge in [-0.2, -0.15) is 0 Å². The molecular weight excluding hydrogens is 122 g/mol. The van der Waals surface area contributed by atoms with Crippen LogP contribution in [0.15, 0.2) is 0 Å². The van der Waals surface area contributed by atoms with Crippen molar-refractivity contribution in [1.82, 2.24) is 0 Å². The highest BCUT2D eigenvalue weighted by Gasteiger charge is 2.15. The molecule has 0 heterocycles. The van der Waals surface area contributed by atoms with E-state index in [-0.39, 0.29) is 6.61 Å². The van der Waals surface area contributed by atoms with Crippen LogP contribution >= 0.6 is 0 Å². The Morgan fingerprint density at radius 3 is 2.78 bits per heavy atom. The van der Waals surface area contributed by atoms with Gasteiger partial charge in [0.05, 0.1) is 6.61 Å². The van der Waals surface area contributed by atoms with E-state index in [4.69, 9.17) is 5.11 Å². The van der Waals surface area contributed by atoms with Gasteiger partial charge in [0.2, 0.25) is 6.04 Å². The first kappa shape index (κ1) is 8.39. The van der Waals surface area contributed by atoms with Crippen molar-refractivity contribution in [3.8, 4) is 0 Å². The topological polar surface area (TPSA) is 74.2 Å². The Kier molecular flexibility index (Phi) is 4.00. The van der Waals surface area contributed by atoms with Gasteiger partial charge in [0.1, 0.15) is 6.61 Å². The van der Waals surface area contributed by atoms with Crippen LogP contribution in [-0.2, 0) is 9.53 Å². The summed E-state index contributed by atoms with van der Waals surface area (Å²) in [5.41, 5.74) is 3.35. The fourth-order valence-electron chi connectivity index (χ4n) is 0.335. The number of hydrogen-bond donors (Lipinski definition) is 2. The average Bonchev–Trinajstić information content (AvgIpc) is 1.87. The SMILES string of the molecule is CCOC(=O)[C@@H]([NH3+])CO. The van der Waals surface area contributed by atoms with Crippen LogP contribution < -0.4 is 5.73 Å². The summed E-state index contributed by atoms with van der Waals surface area (Å²) >= 11 is 0. The Morgan fingerprint density at radius 2 is 2.44 bits per heavy atom. The molecule has 0 saturated heterocycles. The molecule has 0 bridgehead atoms. The Hall–Kier alpha value is -0.610. The Morgan fingerprint density at radius 1 is 1.89 bits per heavy atom. The first-order valence-electron chi connectivity index (χ1n) is 2.83. The van der Waals surface area contributed by atoms with Gasteiger partial charge in [-0.1, -0.05) is 0 Å². The highest BCUT2D eigenvalue weighted by molar-refractivity contribution is 5.73. The average molecular weight is 134 g/mol. The molecule has 4 nitrogen and oxygen atoms in total. The van der Waals surface area contributed by atoms with Crippen molar-refractivity contribution in [2.45, 2.75) is 13.0 Å². The van der Waals surface area contributed by atoms with E-state index in [1.54, 1.807) is 6.92 Å². The minimum Gasteiger partial charge on any atom is -0.462 e. The van der Waals surface area contributed by atoms with E-state index in [1.807, 2.05) is 0 Å². The Balaban J connectivity index is 3.46. The maximum Gasteiger partial charge on any atom is 0.367 e. The largest absolute Gasteiger partial charge is 0.462 e. The van der Waals surface area contributed by atoms with Crippen molar-refractivity contribution < 1.29 is 20.4 Å². The molecule has 0 amide bonds. The maximum absolute atomic E-state index is 10.5. The van der Waals surface area contributed by atoms with E-state index < -0.39 is 12.0 Å². The van der Waals surface area contributed by atoms with Crippen LogP contribution in [0.4, 0.5) is 0 Å². The van der Waals surface area contributed by atoms with Crippen molar-refractivity contribution in [2.24, 2.45) is 0 Å². The zero-order valence-corrected chi connectivity index (χ0v) is 5.46. The second-order valence-electron chi connectivity index (χ2n) is 1.63. The highest BCUT2D eigenvalue weighted by Crippen LogP contribution is 1.80. The van der Waals surface area contributed by atoms with Gasteiger partial charge in [-0.15, -0.1) is 0 Å². The monoisotopic (exact) mass is 134 g/mol. The molecule has 1 atom stereocenters. The third kappa shape index (κ3) is 3.05. The van der Waals surface area contributed by atoms with E-state index >= 15 is 0 Å². The predicted octanol–water partition coefficient (Wildman–Crippen LogP) is -1.85. The molecule has 0 aliphatic carbocycles. The fraction of sp³-hybridized carbons (Fsp3) is 0.800. The van der Waals surface area contributed by atoms with E-state index in [0.29, 0.717) is 6.61 Å². The van der Waals surface area contributed by atoms with Gasteiger partial charge >= 0.3 is 5.97 Å². The van der Waals surface area contributed by atoms with Gasteiger partial charge in [-0.25, -0.2) is 4.79 Å². The lowest BCUT2D eigenvalue weighted by atomic mass is 10.3. The van der Waals surface area contributed by atoms with Crippen LogP contribution in [-0.4, -0.2) is 30.3 Å². The van der Waals surface area contributed by atoms with E-state index in [1.165, 1.54) is 0 Å². The van der Waals surface area contributed by atoms with E-state index in [2.05, 4.69) is 10.5 Å². The van der Waals surface area contributed by atoms with Crippen molar-refractivity contribution in [2.75, 3.05) is 13.2 Å². The summed E-state index contributed by atoms with van der Waals surface area (Å²) in [5, 5.41) is 8.37. The number of aliphatic hydroxyl groups excluding tert-OH is 1. The molecular formula is C5H12NO3+. The zero-order valence-electron chi connectivity index (χ0n) is 5.46. The summed E-state index contributed by atoms with van der Waals surface area (Å²) in [7, 11) is 0. The van der Waals surface area contributed by atoms with Crippen LogP contribution in [0.5, 0.6) is 0 Å². The molecule has 0 aromatic carbocycles. The summed E-state index contributed by atoms with van der Waals surface area (Å²) in [6.45, 7) is 1.80. The summed E-state index contributed by atoms with van der Waals surface area (Å²) in [6.07, 6.45) is 0. The summed E-state index contributed by atoms with van der Waals surface area (Å²) < 4.78 is 4.53. The highest BCUT2D eigenvalue weighted by atomic mass is 16.5. The Bertz CT molecular complexity index is 94.2. The number of esters is 1. The molecule has 0 radical (unpaired) electrons. The van der Waals surface area contributed by atoms with Crippen LogP contribution in [0.25, 0.3) is 0 Å². The van der Waals surface area contributed by atoms with Crippen LogP contribution in [0.1, 0.15) is 6.92 Å². The number of carbonyl (C=O) groups is 1. The molecule has 0 fully saturated rings. The number of ether oxygens (including phenoxy) is 1. The lowest BCUT2D eigenvalue weighted by Crippen LogP contribution is -2.67. The second kappa shape index (κ2) is 4.29. The number of quaternary nitrogens is 1. The van der Waals surface area contributed by atoms with Crippen LogP contribution in [0.3, 0.4) is 0 Å². The predicted molar refractivity (Wildman–Crippen MR) is 30.4 cm³/mol. The summed E-state index contributed by atoms with van der Waals surface area (Å²) in [5.74, 6) is -0.444. The molecule has 0 aromatic rings. The van der Waals surface area contributed by atoms with Gasteiger partial charge in [0.15, 0.2) is 0 Å². The number of rotatable bonds is 3. The lowest BCUT2D eigenvalue weighted by molar-refractivity contribution is -0.413. The fourth-order valence-corrected chi connectivity index (χ4v) is 0.335. The standard InChI is InChI=1S/C5H11NO3/c1-2-9-5(8)4(6)3-7/h4,7H,2-3,6H2,1H3/p+1/t4-/m0/s1. The second-order valence-corrected chi connectivity index (χ2v) is 1.63. The summed E-state index contributed by atoms with van der Waals surface area (Å²) in [4.78, 5) is 10.5. The third-order valence-electron chi connectivity index (χ3n) is 0.840. The molecule has 0 saturated carbocycles. The van der Waals surface area contributed by atoms with E-state index in [0.717, 1.165) is 0 Å². The minimum atomic E-state index is -0.634. The molecule has 0 spiro atoms. The van der Waals surface area contributed by atoms with Gasteiger partial charge in [0, 0.05) is 0 Å². The quantitative estimate of drug-likeness (QED) is 0.445. The van der Waals surface area contributed by atoms with Gasteiger partial charge in [0.25, 0.3) is 0 Å². The Labute approximate surface area is 53.6 Å². The molecule has 0 aromatic heterocycles. The smallest absolute Gasteiger partial charge is 0.367 e. The van der Waals surface area contributed by atoms with Crippen molar-refractivity contribution in [3.05, 3.63) is 0 Å². The molecule has 4 heteroatoms. The molecule has 4 N–H and O–H groups in total. The van der Waals surface area contributed by atoms with Crippen molar-refractivity contribution in [1.29, 1.82) is 0 Å². The summed E-state index contributed by atoms with van der Waals surface area (Å²) in [6, 6.07) is -0.634. The van der Waals surface area contributed by atoms with Gasteiger partial charge in [-0.05, 0) is 6.92 Å². The number of aliphatic hydroxyl groups is 1. The van der Waals surface area contributed by atoms with E-state index in [9.17, 15) is 4.79 Å². The first-order chi connectivity index (χ1) is 4.22. The van der Waals surface area contributed by atoms with Gasteiger partial charge < -0.3 is 15.6 Å². The van der Waals surface area contributed by atoms with Crippen molar-refractivity contribution in [3.63, 3.8) is 0 Å². The third-order valence-corrected chi connectivity index (χ3v) is 0.840. The first-order valence-corrected chi connectivity index (χ1v) is 2.83. The van der Waals surface area contributed by atoms with Crippen molar-refractivity contribution >= 4 is 5.97 Å². The van der Waals surface area contributed by atoms with Crippen LogP contribution in [0.2, 0.25) is 0 Å². The number of hydrogen-bond acceptors (Lipinski definition) is 3. The molecule has 54 valence electrons. The lowest BCUT2D eigenvalue weighted by Gasteiger charge is -2.02.